The van der Waals surface area contributed by atoms with Crippen molar-refractivity contribution in [1.29, 1.82) is 5.26 Å². The highest BCUT2D eigenvalue weighted by Crippen LogP contribution is 2.15. The minimum atomic E-state index is -3.86. The molecule has 10 nitrogen and oxygen atoms in total. The SMILES string of the molecule is CC(C)(C)OC(=O)N(/C=C(/C#N)C(=O)Nc1ccc(S(N)(=O)=O)cc1)CCN. The Morgan fingerprint density at radius 3 is 2.29 bits per heavy atom. The average Bonchev–Trinajstić information content (AvgIpc) is 2.56. The highest BCUT2D eigenvalue weighted by atomic mass is 32.2. The molecule has 2 amide bonds. The molecule has 0 heterocycles. The van der Waals surface area contributed by atoms with E-state index < -0.39 is 27.6 Å². The number of nitriles is 1. The third-order valence-electron chi connectivity index (χ3n) is 3.09. The van der Waals surface area contributed by atoms with Crippen molar-refractivity contribution in [2.45, 2.75) is 31.3 Å². The van der Waals surface area contributed by atoms with Gasteiger partial charge in [0.05, 0.1) is 4.90 Å². The molecule has 11 heteroatoms. The fourth-order valence-electron chi connectivity index (χ4n) is 1.89. The van der Waals surface area contributed by atoms with Gasteiger partial charge in [0.2, 0.25) is 10.0 Å². The molecule has 1 rings (SSSR count). The minimum Gasteiger partial charge on any atom is -0.443 e. The van der Waals surface area contributed by atoms with Gasteiger partial charge in [0.15, 0.2) is 0 Å². The Hall–Kier alpha value is -2.94. The maximum absolute atomic E-state index is 12.3. The largest absolute Gasteiger partial charge is 0.443 e. The smallest absolute Gasteiger partial charge is 0.414 e. The van der Waals surface area contributed by atoms with Crippen molar-refractivity contribution in [3.63, 3.8) is 0 Å². The van der Waals surface area contributed by atoms with Crippen LogP contribution in [0.5, 0.6) is 0 Å². The second-order valence-electron chi connectivity index (χ2n) is 6.64. The second kappa shape index (κ2) is 9.32. The van der Waals surface area contributed by atoms with Crippen molar-refractivity contribution in [3.05, 3.63) is 36.0 Å². The Balaban J connectivity index is 3.01. The van der Waals surface area contributed by atoms with Gasteiger partial charge in [-0.1, -0.05) is 0 Å². The summed E-state index contributed by atoms with van der Waals surface area (Å²) < 4.78 is 27.7. The van der Waals surface area contributed by atoms with Gasteiger partial charge >= 0.3 is 6.09 Å². The lowest BCUT2D eigenvalue weighted by molar-refractivity contribution is -0.112. The number of hydrogen-bond donors (Lipinski definition) is 3. The monoisotopic (exact) mass is 409 g/mol. The molecule has 1 aromatic carbocycles. The first-order valence-corrected chi connectivity index (χ1v) is 9.68. The minimum absolute atomic E-state index is 0.0381. The summed E-state index contributed by atoms with van der Waals surface area (Å²) in [4.78, 5) is 25.4. The number of benzene rings is 1. The first kappa shape index (κ1) is 23.1. The third kappa shape index (κ3) is 7.36. The van der Waals surface area contributed by atoms with E-state index in [-0.39, 0.29) is 29.2 Å². The summed E-state index contributed by atoms with van der Waals surface area (Å²) in [5.74, 6) is -0.795. The highest BCUT2D eigenvalue weighted by Gasteiger charge is 2.22. The second-order valence-corrected chi connectivity index (χ2v) is 8.20. The van der Waals surface area contributed by atoms with Crippen LogP contribution in [0.25, 0.3) is 0 Å². The molecular formula is C17H23N5O5S. The van der Waals surface area contributed by atoms with Crippen LogP contribution in [0.1, 0.15) is 20.8 Å². The summed E-state index contributed by atoms with van der Waals surface area (Å²) in [6.07, 6.45) is 0.297. The highest BCUT2D eigenvalue weighted by molar-refractivity contribution is 7.89. The zero-order valence-electron chi connectivity index (χ0n) is 15.8. The number of nitrogens with zero attached hydrogens (tertiary/aromatic N) is 2. The molecule has 0 aromatic heterocycles. The molecule has 0 aliphatic carbocycles. The van der Waals surface area contributed by atoms with Crippen LogP contribution in [0.4, 0.5) is 10.5 Å². The molecule has 1 aromatic rings. The summed E-state index contributed by atoms with van der Waals surface area (Å²) in [7, 11) is -3.86. The van der Waals surface area contributed by atoms with E-state index in [1.165, 1.54) is 24.3 Å². The van der Waals surface area contributed by atoms with Crippen molar-refractivity contribution < 1.29 is 22.7 Å². The van der Waals surface area contributed by atoms with E-state index in [1.807, 2.05) is 0 Å². The summed E-state index contributed by atoms with van der Waals surface area (Å²) in [5.41, 5.74) is 4.58. The van der Waals surface area contributed by atoms with E-state index in [2.05, 4.69) is 5.32 Å². The van der Waals surface area contributed by atoms with Crippen molar-refractivity contribution in [1.82, 2.24) is 4.90 Å². The molecule has 0 saturated carbocycles. The lowest BCUT2D eigenvalue weighted by Gasteiger charge is -2.25. The van der Waals surface area contributed by atoms with Crippen LogP contribution in [0.15, 0.2) is 40.9 Å². The summed E-state index contributed by atoms with van der Waals surface area (Å²) >= 11 is 0. The molecule has 0 fully saturated rings. The number of primary sulfonamides is 1. The van der Waals surface area contributed by atoms with E-state index in [0.717, 1.165) is 11.1 Å². The molecule has 0 aliphatic heterocycles. The van der Waals surface area contributed by atoms with Gasteiger partial charge in [-0.3, -0.25) is 9.69 Å². The van der Waals surface area contributed by atoms with Gasteiger partial charge in [0.1, 0.15) is 17.2 Å². The van der Waals surface area contributed by atoms with Gasteiger partial charge in [-0.25, -0.2) is 18.4 Å². The van der Waals surface area contributed by atoms with Crippen molar-refractivity contribution >= 4 is 27.7 Å². The van der Waals surface area contributed by atoms with E-state index in [9.17, 15) is 23.3 Å². The van der Waals surface area contributed by atoms with Crippen LogP contribution in [-0.4, -0.2) is 44.0 Å². The van der Waals surface area contributed by atoms with E-state index in [0.29, 0.717) is 0 Å². The molecule has 0 unspecified atom stereocenters. The van der Waals surface area contributed by atoms with Gasteiger partial charge in [0, 0.05) is 25.0 Å². The number of sulfonamides is 1. The molecule has 0 atom stereocenters. The molecular weight excluding hydrogens is 386 g/mol. The normalized spacial score (nSPS) is 12.1. The van der Waals surface area contributed by atoms with Crippen LogP contribution < -0.4 is 16.2 Å². The number of nitrogens with one attached hydrogen (secondary N) is 1. The topological polar surface area (TPSA) is 169 Å². The number of carbonyl (C=O) groups is 2. The van der Waals surface area contributed by atoms with E-state index in [4.69, 9.17) is 15.6 Å². The Kier molecular flexibility index (Phi) is 7.69. The molecule has 28 heavy (non-hydrogen) atoms. The Morgan fingerprint density at radius 2 is 1.86 bits per heavy atom. The van der Waals surface area contributed by atoms with Crippen molar-refractivity contribution in [2.24, 2.45) is 10.9 Å². The summed E-state index contributed by atoms with van der Waals surface area (Å²) in [5, 5.41) is 16.7. The summed E-state index contributed by atoms with van der Waals surface area (Å²) in [6, 6.07) is 6.76. The maximum Gasteiger partial charge on any atom is 0.414 e. The van der Waals surface area contributed by atoms with Crippen molar-refractivity contribution in [2.75, 3.05) is 18.4 Å². The molecule has 0 saturated heterocycles. The fourth-order valence-corrected chi connectivity index (χ4v) is 2.40. The van der Waals surface area contributed by atoms with Crippen molar-refractivity contribution in [3.8, 4) is 6.07 Å². The number of anilines is 1. The maximum atomic E-state index is 12.3. The first-order chi connectivity index (χ1) is 12.9. The fraction of sp³-hybridized carbons (Fsp3) is 0.353. The zero-order chi connectivity index (χ0) is 21.5. The number of nitrogens with two attached hydrogens (primary N) is 2. The van der Waals surface area contributed by atoms with Crippen LogP contribution in [-0.2, 0) is 19.6 Å². The molecule has 5 N–H and O–H groups in total. The lowest BCUT2D eigenvalue weighted by atomic mass is 10.2. The van der Waals surface area contributed by atoms with Gasteiger partial charge in [-0.15, -0.1) is 0 Å². The number of ether oxygens (including phenoxy) is 1. The predicted octanol–water partition coefficient (Wildman–Crippen LogP) is 0.876. The van der Waals surface area contributed by atoms with Gasteiger partial charge in [0.25, 0.3) is 5.91 Å². The predicted molar refractivity (Wildman–Crippen MR) is 102 cm³/mol. The Labute approximate surface area is 163 Å². The van der Waals surface area contributed by atoms with Crippen LogP contribution >= 0.6 is 0 Å². The zero-order valence-corrected chi connectivity index (χ0v) is 16.6. The van der Waals surface area contributed by atoms with E-state index >= 15 is 0 Å². The van der Waals surface area contributed by atoms with E-state index in [1.54, 1.807) is 26.8 Å². The quantitative estimate of drug-likeness (QED) is 0.462. The number of rotatable bonds is 6. The number of amides is 2. The third-order valence-corrected chi connectivity index (χ3v) is 4.02. The first-order valence-electron chi connectivity index (χ1n) is 8.13. The number of hydrogen-bond acceptors (Lipinski definition) is 7. The number of carbonyl (C=O) groups excluding carboxylic acids is 2. The molecule has 0 aliphatic rings. The Morgan fingerprint density at radius 1 is 1.29 bits per heavy atom. The van der Waals surface area contributed by atoms with Crippen LogP contribution in [0, 0.1) is 11.3 Å². The average molecular weight is 409 g/mol. The molecule has 0 spiro atoms. The van der Waals surface area contributed by atoms with Gasteiger partial charge in [-0.2, -0.15) is 5.26 Å². The lowest BCUT2D eigenvalue weighted by Crippen LogP contribution is -2.37. The Bertz CT molecular complexity index is 895. The summed E-state index contributed by atoms with van der Waals surface area (Å²) in [6.45, 7) is 5.16. The molecule has 152 valence electrons. The van der Waals surface area contributed by atoms with Gasteiger partial charge in [-0.05, 0) is 45.0 Å². The van der Waals surface area contributed by atoms with Gasteiger partial charge < -0.3 is 15.8 Å². The van der Waals surface area contributed by atoms with Crippen LogP contribution in [0.2, 0.25) is 0 Å². The molecule has 0 bridgehead atoms. The molecule has 0 radical (unpaired) electrons. The van der Waals surface area contributed by atoms with Crippen LogP contribution in [0.3, 0.4) is 0 Å². The standard InChI is InChI=1S/C17H23N5O5S/c1-17(2,3)27-16(24)22(9-8-18)11-12(10-19)15(23)21-13-4-6-14(7-5-13)28(20,25)26/h4-7,11H,8-9,18H2,1-3H3,(H,21,23)(H2,20,25,26)/b12-11-.